The van der Waals surface area contributed by atoms with Crippen LogP contribution < -0.4 is 16.4 Å². The third kappa shape index (κ3) is 14.2. The molecule has 0 aliphatic carbocycles. The van der Waals surface area contributed by atoms with Gasteiger partial charge in [-0.15, -0.1) is 0 Å². The fourth-order valence-corrected chi connectivity index (χ4v) is 9.69. The molecule has 10 N–H and O–H groups in total. The van der Waals surface area contributed by atoms with Crippen LogP contribution in [-0.2, 0) is 51.6 Å². The SMILES string of the molecule is CC(C)(COP(=O)(O)OP(=O)(O)OCC1OC(C)(n2cnc3c(N)ncnc32)C(O)C1OP(=O)(O)O)C(O)C(=O)NCCC(=O)NCCSC(=O)SCCCS. The fourth-order valence-electron chi connectivity index (χ4n) is 4.84. The van der Waals surface area contributed by atoms with E-state index in [1.165, 1.54) is 32.5 Å². The number of thiol groups is 1. The number of fused-ring (bicyclic) bond motifs is 1. The number of carbonyl (C=O) groups excluding carboxylic acids is 3. The van der Waals surface area contributed by atoms with Crippen molar-refractivity contribution in [2.24, 2.45) is 5.41 Å². The lowest BCUT2D eigenvalue weighted by molar-refractivity contribution is -0.137. The van der Waals surface area contributed by atoms with Crippen molar-refractivity contribution in [2.75, 3.05) is 49.3 Å². The van der Waals surface area contributed by atoms with Crippen molar-refractivity contribution < 1.29 is 80.5 Å². The molecule has 7 unspecified atom stereocenters. The summed E-state index contributed by atoms with van der Waals surface area (Å²) < 4.78 is 62.5. The molecule has 3 heterocycles. The monoisotopic (exact) mass is 915 g/mol. The van der Waals surface area contributed by atoms with Gasteiger partial charge in [0.1, 0.15) is 36.3 Å². The number of nitrogens with two attached hydrogens (primary N) is 1. The normalized spacial score (nSPS) is 23.0. The molecule has 2 amide bonds. The van der Waals surface area contributed by atoms with Gasteiger partial charge in [0.25, 0.3) is 0 Å². The van der Waals surface area contributed by atoms with Crippen molar-refractivity contribution in [2.45, 2.75) is 63.8 Å². The lowest BCUT2D eigenvalue weighted by Gasteiger charge is -2.30. The highest BCUT2D eigenvalue weighted by atomic mass is 32.2. The number of phosphoric ester groups is 3. The Morgan fingerprint density at radius 1 is 1.07 bits per heavy atom. The molecule has 7 atom stereocenters. The molecule has 3 rings (SSSR count). The maximum absolute atomic E-state index is 12.7. The van der Waals surface area contributed by atoms with Crippen LogP contribution >= 0.6 is 59.6 Å². The number of phosphoric acid groups is 3. The molecule has 1 aliphatic heterocycles. The third-order valence-electron chi connectivity index (χ3n) is 7.73. The van der Waals surface area contributed by atoms with Crippen LogP contribution in [0, 0.1) is 5.41 Å². The number of nitrogens with zero attached hydrogens (tertiary/aromatic N) is 4. The molecule has 0 radical (unpaired) electrons. The van der Waals surface area contributed by atoms with E-state index >= 15 is 0 Å². The van der Waals surface area contributed by atoms with Gasteiger partial charge in [0.15, 0.2) is 17.2 Å². The number of nitrogens with one attached hydrogen (secondary N) is 2. The van der Waals surface area contributed by atoms with Crippen molar-refractivity contribution in [1.82, 2.24) is 30.2 Å². The van der Waals surface area contributed by atoms with E-state index in [2.05, 4.69) is 42.5 Å². The van der Waals surface area contributed by atoms with E-state index in [9.17, 15) is 57.9 Å². The van der Waals surface area contributed by atoms with Gasteiger partial charge in [-0.2, -0.15) is 16.9 Å². The molecule has 24 nitrogen and oxygen atoms in total. The zero-order valence-corrected chi connectivity index (χ0v) is 35.2. The third-order valence-corrected chi connectivity index (χ3v) is 13.2. The topological polar surface area (TPSA) is 364 Å². The summed E-state index contributed by atoms with van der Waals surface area (Å²) in [5.41, 5.74) is 2.30. The van der Waals surface area contributed by atoms with E-state index in [1.807, 2.05) is 0 Å². The van der Waals surface area contributed by atoms with Crippen LogP contribution in [0.5, 0.6) is 0 Å². The molecule has 2 aromatic heterocycles. The molecule has 30 heteroatoms. The summed E-state index contributed by atoms with van der Waals surface area (Å²) in [4.78, 5) is 87.6. The average Bonchev–Trinajstić information content (AvgIpc) is 3.64. The Morgan fingerprint density at radius 3 is 2.39 bits per heavy atom. The highest BCUT2D eigenvalue weighted by molar-refractivity contribution is 8.38. The van der Waals surface area contributed by atoms with E-state index in [0.29, 0.717) is 17.3 Å². The summed E-state index contributed by atoms with van der Waals surface area (Å²) in [6, 6.07) is 0. The van der Waals surface area contributed by atoms with E-state index in [1.54, 1.807) is 0 Å². The van der Waals surface area contributed by atoms with Crippen LogP contribution in [0.2, 0.25) is 0 Å². The van der Waals surface area contributed by atoms with Gasteiger partial charge in [0.05, 0.1) is 19.5 Å². The molecule has 56 heavy (non-hydrogen) atoms. The first-order valence-corrected chi connectivity index (χ1v) is 23.4. The van der Waals surface area contributed by atoms with Gasteiger partial charge >= 0.3 is 23.5 Å². The molecule has 318 valence electrons. The Morgan fingerprint density at radius 2 is 1.73 bits per heavy atom. The van der Waals surface area contributed by atoms with Crippen LogP contribution in [0.3, 0.4) is 0 Å². The Labute approximate surface area is 333 Å². The molecule has 1 saturated heterocycles. The van der Waals surface area contributed by atoms with Crippen molar-refractivity contribution in [3.63, 3.8) is 0 Å². The molecule has 0 bridgehead atoms. The van der Waals surface area contributed by atoms with Gasteiger partial charge in [0.2, 0.25) is 16.3 Å². The highest BCUT2D eigenvalue weighted by Gasteiger charge is 2.57. The van der Waals surface area contributed by atoms with Crippen LogP contribution in [0.4, 0.5) is 10.6 Å². The zero-order valence-electron chi connectivity index (χ0n) is 30.0. The smallest absolute Gasteiger partial charge is 0.385 e. The molecule has 2 aromatic rings. The lowest BCUT2D eigenvalue weighted by atomic mass is 9.87. The van der Waals surface area contributed by atoms with Crippen LogP contribution in [0.1, 0.15) is 33.6 Å². The second-order valence-corrected chi connectivity index (χ2v) is 19.7. The summed E-state index contributed by atoms with van der Waals surface area (Å²) in [6.07, 6.45) is -4.70. The number of hydrogen-bond donors (Lipinski definition) is 10. The van der Waals surface area contributed by atoms with Gasteiger partial charge < -0.3 is 50.9 Å². The molecule has 0 saturated carbocycles. The Bertz CT molecular complexity index is 1840. The minimum Gasteiger partial charge on any atom is -0.385 e. The van der Waals surface area contributed by atoms with E-state index in [4.69, 9.17) is 24.0 Å². The largest absolute Gasteiger partial charge is 0.481 e. The van der Waals surface area contributed by atoms with E-state index in [0.717, 1.165) is 35.4 Å². The first kappa shape index (κ1) is 48.6. The number of imidazole rings is 1. The van der Waals surface area contributed by atoms with Crippen LogP contribution in [0.25, 0.3) is 11.2 Å². The second kappa shape index (κ2) is 20.5. The average molecular weight is 916 g/mol. The number of aliphatic hydroxyl groups excluding tert-OH is 2. The number of thioether (sulfide) groups is 2. The Hall–Kier alpha value is -1.74. The first-order chi connectivity index (χ1) is 25.9. The highest BCUT2D eigenvalue weighted by Crippen LogP contribution is 2.61. The van der Waals surface area contributed by atoms with Gasteiger partial charge in [-0.3, -0.25) is 32.5 Å². The standard InChI is InChI=1S/C26H44N7O17P3S3/c1-25(2,20(36)23(37)29-6-5-16(34)28-7-10-56-24(38)55-9-4-8-54)12-47-53(44,45)50-52(42,43)46-11-15-18(49-51(39,40)41)19(35)26(3,48-15)33-14-32-17-21(27)30-13-31-22(17)33/h13-15,18-20,35-36,54H,4-12H2,1-3H3,(H,28,34)(H,29,37)(H,42,43)(H,44,45)(H2,27,30,31)(H2,39,40,41). The number of rotatable bonds is 22. The zero-order chi connectivity index (χ0) is 42.1. The second-order valence-electron chi connectivity index (χ2n) is 12.7. The maximum Gasteiger partial charge on any atom is 0.481 e. The number of aliphatic hydroxyl groups is 2. The summed E-state index contributed by atoms with van der Waals surface area (Å²) in [5, 5.41) is 26.6. The fraction of sp³-hybridized carbons (Fsp3) is 0.692. The molecule has 0 aromatic carbocycles. The predicted octanol–water partition coefficient (Wildman–Crippen LogP) is 0.485. The molecule has 0 spiro atoms. The summed E-state index contributed by atoms with van der Waals surface area (Å²) in [6.45, 7) is 1.72. The van der Waals surface area contributed by atoms with Crippen molar-refractivity contribution in [3.8, 4) is 0 Å². The number of anilines is 1. The summed E-state index contributed by atoms with van der Waals surface area (Å²) in [7, 11) is -16.4. The van der Waals surface area contributed by atoms with Gasteiger partial charge in [-0.1, -0.05) is 37.4 Å². The number of carbonyl (C=O) groups is 3. The van der Waals surface area contributed by atoms with Crippen molar-refractivity contribution in [3.05, 3.63) is 12.7 Å². The summed E-state index contributed by atoms with van der Waals surface area (Å²) >= 11 is 6.30. The molecular formula is C26H44N7O17P3S3. The van der Waals surface area contributed by atoms with E-state index in [-0.39, 0.29) is 40.9 Å². The maximum atomic E-state index is 12.7. The molecule has 1 fully saturated rings. The van der Waals surface area contributed by atoms with Gasteiger partial charge in [-0.05, 0) is 19.1 Å². The van der Waals surface area contributed by atoms with Crippen molar-refractivity contribution >= 4 is 92.9 Å². The van der Waals surface area contributed by atoms with Crippen LogP contribution in [0.15, 0.2) is 12.7 Å². The predicted molar refractivity (Wildman–Crippen MR) is 203 cm³/mol. The van der Waals surface area contributed by atoms with Gasteiger partial charge in [0, 0.05) is 36.4 Å². The number of amides is 2. The van der Waals surface area contributed by atoms with Gasteiger partial charge in [-0.25, -0.2) is 28.6 Å². The number of aromatic nitrogens is 4. The number of nitrogen functional groups attached to an aromatic ring is 1. The minimum absolute atomic E-state index is 0.0185. The summed E-state index contributed by atoms with van der Waals surface area (Å²) in [5.74, 6) is 0.208. The lowest BCUT2D eigenvalue weighted by Crippen LogP contribution is -2.46. The van der Waals surface area contributed by atoms with E-state index < -0.39 is 84.1 Å². The van der Waals surface area contributed by atoms with Crippen LogP contribution in [-0.4, -0.2) is 134 Å². The molecule has 1 aliphatic rings. The Kier molecular flexibility index (Phi) is 17.8. The minimum atomic E-state index is -5.59. The Balaban J connectivity index is 1.51. The quantitative estimate of drug-likeness (QED) is 0.0436. The molecular weight excluding hydrogens is 871 g/mol. The number of hydrogen-bond acceptors (Lipinski definition) is 20. The number of ether oxygens (including phenoxy) is 1. The van der Waals surface area contributed by atoms with Crippen molar-refractivity contribution in [1.29, 1.82) is 0 Å². The first-order valence-electron chi connectivity index (χ1n) is 16.2.